The largest absolute Gasteiger partial charge is 0.496 e. The molecule has 9 aromatic rings. The summed E-state index contributed by atoms with van der Waals surface area (Å²) in [6.07, 6.45) is 4.26. The van der Waals surface area contributed by atoms with Gasteiger partial charge in [-0.1, -0.05) is 195 Å². The molecule has 3 amide bonds. The van der Waals surface area contributed by atoms with E-state index in [2.05, 4.69) is 56.8 Å². The number of ketones is 3. The van der Waals surface area contributed by atoms with Crippen LogP contribution in [0.1, 0.15) is 235 Å². The summed E-state index contributed by atoms with van der Waals surface area (Å²) < 4.78 is 87.6. The van der Waals surface area contributed by atoms with E-state index in [1.807, 2.05) is 135 Å². The Morgan fingerprint density at radius 2 is 0.983 bits per heavy atom. The number of benzene rings is 7. The molecule has 0 unspecified atom stereocenters. The van der Waals surface area contributed by atoms with E-state index >= 15 is 0 Å². The Bertz CT molecular complexity index is 5280. The zero-order valence-corrected chi connectivity index (χ0v) is 75.4. The average Bonchev–Trinajstić information content (AvgIpc) is 1.63. The smallest absolute Gasteiger partial charge is 0.422 e. The Kier molecular flexibility index (Phi) is 31.9. The Labute approximate surface area is 729 Å². The van der Waals surface area contributed by atoms with Crippen molar-refractivity contribution in [2.24, 2.45) is 52.0 Å². The highest BCUT2D eigenvalue weighted by Gasteiger charge is 2.33. The summed E-state index contributed by atoms with van der Waals surface area (Å²) in [5, 5.41) is 10.4. The van der Waals surface area contributed by atoms with Crippen LogP contribution in [0.15, 0.2) is 125 Å². The van der Waals surface area contributed by atoms with Gasteiger partial charge in [0.05, 0.1) is 64.2 Å². The van der Waals surface area contributed by atoms with Crippen molar-refractivity contribution < 1.29 is 64.9 Å². The van der Waals surface area contributed by atoms with Crippen LogP contribution in [0.25, 0.3) is 22.1 Å². The summed E-state index contributed by atoms with van der Waals surface area (Å²) in [4.78, 5) is 91.1. The van der Waals surface area contributed by atoms with Crippen LogP contribution in [0.2, 0.25) is 15.1 Å². The van der Waals surface area contributed by atoms with Crippen LogP contribution in [-0.4, -0.2) is 92.8 Å². The molecule has 3 heterocycles. The van der Waals surface area contributed by atoms with Crippen LogP contribution in [0.5, 0.6) is 17.2 Å². The number of aryl methyl sites for hydroxylation is 1. The molecular formula is C95H111BrCl3F5N8O9. The molecule has 3 N–H and O–H groups in total. The van der Waals surface area contributed by atoms with Gasteiger partial charge >= 0.3 is 6.18 Å². The lowest BCUT2D eigenvalue weighted by atomic mass is 9.80. The molecule has 648 valence electrons. The standard InChI is InChI=1S/C32H33BrClF2N3O3.C32H39ClF3N3O3.C31H39ClN2O3/c1-5-42-28-16-26-25(15-23(28)27(40)13-19-6-9-22(33)10-7-19)38-30(39(26)18-29(35)36)14-21-12-20(8-11-24(21)34)17-37-31(41)32(2,3)4;1-19-6-8-20(9-7-19)13-27(40)23-15-25-26(16-28(23)42-18-32(34,35)36)39(5)29(38-25)14-22-12-21(10-11-24(22)33)17-37-30(41)31(2,3)4;1-19-6-8-20(9-7-19)13-28(35)25-17-27-22(16-26(25)32)14-24(34-27)15-23-12-21(10-11-29(23)37-5)18-33-30(36)31(2,3)4/h6-12,15-16,29H,5,13-14,17-18H2,1-4H3,(H,37,41);10-12,15-16,19-20H,6-9,13-14,17-18H2,1-5H3,(H,37,41);10-12,16-17,19-20H,6-9,13-15,18H2,1-5H3,(H,33,36). The zero-order valence-electron chi connectivity index (χ0n) is 71.5. The molecule has 2 aromatic heterocycles. The highest BCUT2D eigenvalue weighted by atomic mass is 79.9. The number of fused-ring (bicyclic) bond motifs is 3. The molecule has 2 fully saturated rings. The highest BCUT2D eigenvalue weighted by molar-refractivity contribution is 9.10. The number of methoxy groups -OCH3 is 1. The number of alkyl halides is 5. The summed E-state index contributed by atoms with van der Waals surface area (Å²) in [5.41, 5.74) is 10.4. The van der Waals surface area contributed by atoms with Crippen molar-refractivity contribution in [3.8, 4) is 17.2 Å². The number of hydrogen-bond acceptors (Lipinski definition) is 12. The van der Waals surface area contributed by atoms with Crippen molar-refractivity contribution in [3.63, 3.8) is 0 Å². The van der Waals surface area contributed by atoms with E-state index in [0.717, 1.165) is 105 Å². The average molecular weight is 1790 g/mol. The van der Waals surface area contributed by atoms with Gasteiger partial charge in [0.15, 0.2) is 24.0 Å². The predicted octanol–water partition coefficient (Wildman–Crippen LogP) is 22.9. The summed E-state index contributed by atoms with van der Waals surface area (Å²) >= 11 is 23.0. The van der Waals surface area contributed by atoms with Gasteiger partial charge in [-0.15, -0.1) is 0 Å². The number of carbonyl (C=O) groups is 6. The first-order chi connectivity index (χ1) is 57.0. The highest BCUT2D eigenvalue weighted by Crippen LogP contribution is 2.40. The van der Waals surface area contributed by atoms with Crippen molar-refractivity contribution in [3.05, 3.63) is 208 Å². The molecule has 1 aliphatic heterocycles. The number of ether oxygens (including phenoxy) is 3. The van der Waals surface area contributed by atoms with Crippen LogP contribution < -0.4 is 30.2 Å². The predicted molar refractivity (Wildman–Crippen MR) is 473 cm³/mol. The van der Waals surface area contributed by atoms with Crippen LogP contribution in [-0.2, 0) is 79.7 Å². The van der Waals surface area contributed by atoms with Gasteiger partial charge in [0.25, 0.3) is 6.43 Å². The van der Waals surface area contributed by atoms with Crippen molar-refractivity contribution in [2.45, 2.75) is 218 Å². The SMILES string of the molecule is CC1CCC(CC(=O)c2cc3nc(Cc4cc(CNC(=O)C(C)(C)C)ccc4Cl)n(C)c3cc2OCC(F)(F)F)CC1.CCOc1cc2c(cc1C(=O)Cc1ccc(Br)cc1)nc(Cc1cc(CNC(=O)C(C)(C)C)ccc1Cl)n2CC(F)F.COc1ccc(CNC(=O)C(C)(C)C)cc1CC1=Nc2cc(C(=O)CC3CCC(C)CC3)c(Cl)cc2C1. The molecule has 26 heteroatoms. The molecule has 3 aliphatic rings. The number of imidazole rings is 2. The van der Waals surface area contributed by atoms with E-state index in [1.165, 1.54) is 23.5 Å². The lowest BCUT2D eigenvalue weighted by molar-refractivity contribution is -0.153. The monoisotopic (exact) mass is 1790 g/mol. The maximum absolute atomic E-state index is 13.8. The second kappa shape index (κ2) is 41.0. The minimum atomic E-state index is -4.54. The van der Waals surface area contributed by atoms with E-state index in [9.17, 15) is 50.7 Å². The number of nitrogens with one attached hydrogen (secondary N) is 3. The van der Waals surface area contributed by atoms with Gasteiger partial charge in [0.1, 0.15) is 28.9 Å². The zero-order chi connectivity index (χ0) is 88.2. The molecule has 2 aliphatic carbocycles. The number of halogens is 9. The number of aromatic nitrogens is 4. The van der Waals surface area contributed by atoms with E-state index in [1.54, 1.807) is 56.0 Å². The van der Waals surface area contributed by atoms with E-state index < -0.39 is 42.0 Å². The Morgan fingerprint density at radius 3 is 1.48 bits per heavy atom. The van der Waals surface area contributed by atoms with Gasteiger partial charge in [-0.3, -0.25) is 33.8 Å². The summed E-state index contributed by atoms with van der Waals surface area (Å²) in [6.45, 7) is 22.4. The molecule has 0 atom stereocenters. The molecular weight excluding hydrogens is 1680 g/mol. The second-order valence-corrected chi connectivity index (χ2v) is 37.6. The van der Waals surface area contributed by atoms with Crippen LogP contribution in [0.4, 0.5) is 27.6 Å². The van der Waals surface area contributed by atoms with Crippen LogP contribution in [0, 0.1) is 39.9 Å². The number of carbonyl (C=O) groups excluding carboxylic acids is 6. The first-order valence-electron chi connectivity index (χ1n) is 41.4. The first kappa shape index (κ1) is 94.2. The van der Waals surface area contributed by atoms with E-state index in [4.69, 9.17) is 59.0 Å². The number of amides is 3. The van der Waals surface area contributed by atoms with Gasteiger partial charge in [-0.05, 0) is 156 Å². The summed E-state index contributed by atoms with van der Waals surface area (Å²) in [6, 6.07) is 34.4. The minimum absolute atomic E-state index is 0.0146. The third-order valence-corrected chi connectivity index (χ3v) is 23.9. The fourth-order valence-electron chi connectivity index (χ4n) is 15.1. The third-order valence-electron chi connectivity index (χ3n) is 22.3. The quantitative estimate of drug-likeness (QED) is 0.0310. The van der Waals surface area contributed by atoms with Gasteiger partial charge in [0, 0.05) is 131 Å². The number of hydrogen-bond donors (Lipinski definition) is 3. The summed E-state index contributed by atoms with van der Waals surface area (Å²) in [5.74, 6) is 3.68. The Balaban J connectivity index is 0.000000191. The molecule has 0 radical (unpaired) electrons. The van der Waals surface area contributed by atoms with Crippen molar-refractivity contribution >= 4 is 119 Å². The number of rotatable bonds is 28. The Morgan fingerprint density at radius 1 is 0.529 bits per heavy atom. The molecule has 121 heavy (non-hydrogen) atoms. The van der Waals surface area contributed by atoms with Crippen molar-refractivity contribution in [2.75, 3.05) is 20.3 Å². The maximum atomic E-state index is 13.8. The van der Waals surface area contributed by atoms with Crippen molar-refractivity contribution in [1.82, 2.24) is 35.1 Å². The van der Waals surface area contributed by atoms with Gasteiger partial charge in [-0.25, -0.2) is 18.7 Å². The third kappa shape index (κ3) is 26.3. The van der Waals surface area contributed by atoms with Crippen molar-refractivity contribution in [1.29, 1.82) is 0 Å². The fraction of sp³-hybridized carbons (Fsp3) is 0.463. The fourth-order valence-corrected chi connectivity index (χ4v) is 16.0. The topological polar surface area (TPSA) is 214 Å². The molecule has 2 saturated carbocycles. The number of aliphatic imine (C=N–C) groups is 1. The lowest BCUT2D eigenvalue weighted by Gasteiger charge is -2.25. The molecule has 0 bridgehead atoms. The minimum Gasteiger partial charge on any atom is -0.496 e. The Hall–Kier alpha value is -9.03. The molecule has 17 nitrogen and oxygen atoms in total. The van der Waals surface area contributed by atoms with E-state index in [-0.39, 0.29) is 71.6 Å². The maximum Gasteiger partial charge on any atom is 0.422 e. The van der Waals surface area contributed by atoms with Gasteiger partial charge in [0.2, 0.25) is 17.7 Å². The van der Waals surface area contributed by atoms with Crippen LogP contribution in [0.3, 0.4) is 0 Å². The van der Waals surface area contributed by atoms with Gasteiger partial charge in [-0.2, -0.15) is 13.2 Å². The number of nitrogens with zero attached hydrogens (tertiary/aromatic N) is 5. The molecule has 0 spiro atoms. The van der Waals surface area contributed by atoms with E-state index in [0.29, 0.717) is 135 Å². The molecule has 7 aromatic carbocycles. The summed E-state index contributed by atoms with van der Waals surface area (Å²) in [7, 11) is 3.43. The van der Waals surface area contributed by atoms with Gasteiger partial charge < -0.3 is 39.3 Å². The normalized spacial score (nSPS) is 16.1. The first-order valence-corrected chi connectivity index (χ1v) is 43.3. The van der Waals surface area contributed by atoms with Crippen LogP contribution >= 0.6 is 50.7 Å². The second-order valence-electron chi connectivity index (χ2n) is 35.5. The molecule has 12 rings (SSSR count). The number of Topliss-reactive ketones (excluding diaryl/α,β-unsaturated/α-hetero) is 3. The lowest BCUT2D eigenvalue weighted by Crippen LogP contribution is -2.34. The molecule has 0 saturated heterocycles.